The maximum atomic E-state index is 12.8. The topological polar surface area (TPSA) is 114 Å². The average molecular weight is 397 g/mol. The van der Waals surface area contributed by atoms with E-state index in [1.807, 2.05) is 0 Å². The normalized spacial score (nSPS) is 16.3. The zero-order chi connectivity index (χ0) is 18.6. The van der Waals surface area contributed by atoms with Crippen molar-refractivity contribution >= 4 is 27.8 Å². The third-order valence-corrected chi connectivity index (χ3v) is 6.75. The highest BCUT2D eigenvalue weighted by atomic mass is 32.2. The molecule has 0 atom stereocenters. The zero-order valence-electron chi connectivity index (χ0n) is 14.0. The highest BCUT2D eigenvalue weighted by Gasteiger charge is 2.25. The molecule has 2 aromatic rings. The van der Waals surface area contributed by atoms with E-state index in [0.717, 1.165) is 37.4 Å². The van der Waals surface area contributed by atoms with Gasteiger partial charge in [-0.2, -0.15) is 4.31 Å². The average Bonchev–Trinajstić information content (AvgIpc) is 2.92. The van der Waals surface area contributed by atoms with E-state index in [1.165, 1.54) is 12.1 Å². The van der Waals surface area contributed by atoms with Gasteiger partial charge in [-0.25, -0.2) is 8.42 Å². The fraction of sp³-hybridized carbons (Fsp3) is 0.438. The summed E-state index contributed by atoms with van der Waals surface area (Å²) in [6.07, 6.45) is 3.89. The minimum atomic E-state index is -3.50. The first-order chi connectivity index (χ1) is 12.5. The third-order valence-electron chi connectivity index (χ3n) is 4.03. The van der Waals surface area contributed by atoms with Crippen LogP contribution in [0.2, 0.25) is 0 Å². The van der Waals surface area contributed by atoms with Gasteiger partial charge in [-0.3, -0.25) is 4.79 Å². The van der Waals surface area contributed by atoms with Gasteiger partial charge in [0.2, 0.25) is 15.9 Å². The molecule has 1 fully saturated rings. The van der Waals surface area contributed by atoms with Gasteiger partial charge in [0.1, 0.15) is 5.75 Å². The molecule has 140 valence electrons. The van der Waals surface area contributed by atoms with Crippen LogP contribution in [-0.2, 0) is 14.8 Å². The van der Waals surface area contributed by atoms with Crippen LogP contribution in [0.15, 0.2) is 38.8 Å². The number of carboxylic acids is 1. The van der Waals surface area contributed by atoms with Crippen LogP contribution in [-0.4, -0.2) is 52.8 Å². The fourth-order valence-corrected chi connectivity index (χ4v) is 4.71. The first-order valence-electron chi connectivity index (χ1n) is 8.25. The van der Waals surface area contributed by atoms with Gasteiger partial charge in [0, 0.05) is 18.7 Å². The summed E-state index contributed by atoms with van der Waals surface area (Å²) in [4.78, 5) is 10.8. The highest BCUT2D eigenvalue weighted by molar-refractivity contribution is 7.99. The van der Waals surface area contributed by atoms with Crippen molar-refractivity contribution in [2.75, 3.05) is 18.8 Å². The number of carbonyl (C=O) groups is 1. The lowest BCUT2D eigenvalue weighted by Gasteiger charge is -2.19. The molecule has 10 heteroatoms. The van der Waals surface area contributed by atoms with Crippen LogP contribution in [0.25, 0.3) is 11.5 Å². The Morgan fingerprint density at radius 1 is 1.12 bits per heavy atom. The molecule has 1 aliphatic heterocycles. The van der Waals surface area contributed by atoms with E-state index < -0.39 is 16.0 Å². The van der Waals surface area contributed by atoms with Gasteiger partial charge in [-0.1, -0.05) is 24.6 Å². The second kappa shape index (κ2) is 8.19. The predicted octanol–water partition coefficient (Wildman–Crippen LogP) is 2.48. The summed E-state index contributed by atoms with van der Waals surface area (Å²) in [5.41, 5.74) is 0.578. The second-order valence-electron chi connectivity index (χ2n) is 5.90. The Morgan fingerprint density at radius 2 is 1.77 bits per heavy atom. The molecule has 1 N–H and O–H groups in total. The standard InChI is InChI=1S/C16H19N3O5S2/c20-14(21)11-25-16-18-17-15(24-16)12-5-7-13(8-6-12)26(22,23)19-9-3-1-2-4-10-19/h5-8H,1-4,9-11H2,(H,20,21). The molecule has 0 bridgehead atoms. The zero-order valence-corrected chi connectivity index (χ0v) is 15.6. The van der Waals surface area contributed by atoms with Crippen molar-refractivity contribution < 1.29 is 22.7 Å². The van der Waals surface area contributed by atoms with Gasteiger partial charge in [0.05, 0.1) is 4.90 Å². The fourth-order valence-electron chi connectivity index (χ4n) is 2.71. The highest BCUT2D eigenvalue weighted by Crippen LogP contribution is 2.26. The monoisotopic (exact) mass is 397 g/mol. The molecule has 2 heterocycles. The number of hydrogen-bond donors (Lipinski definition) is 1. The summed E-state index contributed by atoms with van der Waals surface area (Å²) in [6, 6.07) is 6.29. The van der Waals surface area contributed by atoms with Crippen molar-refractivity contribution in [2.24, 2.45) is 0 Å². The Morgan fingerprint density at radius 3 is 2.38 bits per heavy atom. The van der Waals surface area contributed by atoms with Crippen LogP contribution in [0, 0.1) is 0 Å². The summed E-state index contributed by atoms with van der Waals surface area (Å²) in [6.45, 7) is 1.11. The molecule has 1 aliphatic rings. The van der Waals surface area contributed by atoms with Gasteiger partial charge < -0.3 is 9.52 Å². The Bertz CT molecular complexity index is 856. The number of aromatic nitrogens is 2. The molecule has 0 unspecified atom stereocenters. The van der Waals surface area contributed by atoms with Crippen molar-refractivity contribution in [3.63, 3.8) is 0 Å². The molecule has 0 amide bonds. The lowest BCUT2D eigenvalue weighted by molar-refractivity contribution is -0.133. The number of benzene rings is 1. The molecular weight excluding hydrogens is 378 g/mol. The van der Waals surface area contributed by atoms with Gasteiger partial charge in [0.25, 0.3) is 5.22 Å². The molecule has 1 aromatic heterocycles. The number of nitrogens with zero attached hydrogens (tertiary/aromatic N) is 3. The summed E-state index contributed by atoms with van der Waals surface area (Å²) in [7, 11) is -3.50. The molecule has 0 saturated carbocycles. The number of aliphatic carboxylic acids is 1. The van der Waals surface area contributed by atoms with Crippen molar-refractivity contribution in [2.45, 2.75) is 35.8 Å². The number of hydrogen-bond acceptors (Lipinski definition) is 7. The molecular formula is C16H19N3O5S2. The Hall–Kier alpha value is -1.91. The third kappa shape index (κ3) is 4.43. The second-order valence-corrected chi connectivity index (χ2v) is 8.76. The summed E-state index contributed by atoms with van der Waals surface area (Å²) < 4.78 is 32.5. The van der Waals surface area contributed by atoms with Crippen LogP contribution in [0.5, 0.6) is 0 Å². The van der Waals surface area contributed by atoms with Crippen LogP contribution in [0.3, 0.4) is 0 Å². The first kappa shape index (κ1) is 18.9. The van der Waals surface area contributed by atoms with Crippen molar-refractivity contribution in [3.05, 3.63) is 24.3 Å². The molecule has 26 heavy (non-hydrogen) atoms. The van der Waals surface area contributed by atoms with E-state index in [2.05, 4.69) is 10.2 Å². The van der Waals surface area contributed by atoms with Crippen molar-refractivity contribution in [3.8, 4) is 11.5 Å². The van der Waals surface area contributed by atoms with Crippen LogP contribution < -0.4 is 0 Å². The Kier molecular flexibility index (Phi) is 5.94. The Balaban J connectivity index is 1.74. The quantitative estimate of drug-likeness (QED) is 0.740. The SMILES string of the molecule is O=C(O)CSc1nnc(-c2ccc(S(=O)(=O)N3CCCCCC3)cc2)o1. The van der Waals surface area contributed by atoms with E-state index in [1.54, 1.807) is 16.4 Å². The first-order valence-corrected chi connectivity index (χ1v) is 10.7. The summed E-state index contributed by atoms with van der Waals surface area (Å²) in [5.74, 6) is -0.927. The molecule has 1 aromatic carbocycles. The van der Waals surface area contributed by atoms with Gasteiger partial charge in [-0.15, -0.1) is 10.2 Å². The molecule has 3 rings (SSSR count). The lowest BCUT2D eigenvalue weighted by Crippen LogP contribution is -2.31. The largest absolute Gasteiger partial charge is 0.481 e. The molecule has 0 aliphatic carbocycles. The van der Waals surface area contributed by atoms with E-state index in [-0.39, 0.29) is 21.8 Å². The van der Waals surface area contributed by atoms with Crippen LogP contribution in [0.4, 0.5) is 0 Å². The molecule has 1 saturated heterocycles. The lowest BCUT2D eigenvalue weighted by atomic mass is 10.2. The predicted molar refractivity (Wildman–Crippen MR) is 95.3 cm³/mol. The summed E-state index contributed by atoms with van der Waals surface area (Å²) >= 11 is 0.930. The number of sulfonamides is 1. The molecule has 0 spiro atoms. The number of carboxylic acid groups (broad SMARTS) is 1. The molecule has 0 radical (unpaired) electrons. The minimum absolute atomic E-state index is 0.156. The number of rotatable bonds is 6. The van der Waals surface area contributed by atoms with Gasteiger partial charge in [-0.05, 0) is 37.1 Å². The summed E-state index contributed by atoms with van der Waals surface area (Å²) in [5, 5.41) is 16.5. The molecule has 8 nitrogen and oxygen atoms in total. The van der Waals surface area contributed by atoms with E-state index in [4.69, 9.17) is 9.52 Å². The van der Waals surface area contributed by atoms with Crippen LogP contribution in [0.1, 0.15) is 25.7 Å². The van der Waals surface area contributed by atoms with Gasteiger partial charge >= 0.3 is 5.97 Å². The van der Waals surface area contributed by atoms with Crippen molar-refractivity contribution in [1.82, 2.24) is 14.5 Å². The van der Waals surface area contributed by atoms with E-state index in [9.17, 15) is 13.2 Å². The maximum absolute atomic E-state index is 12.8. The Labute approximate surface area is 155 Å². The minimum Gasteiger partial charge on any atom is -0.481 e. The van der Waals surface area contributed by atoms with Crippen LogP contribution >= 0.6 is 11.8 Å². The number of thioether (sulfide) groups is 1. The van der Waals surface area contributed by atoms with Gasteiger partial charge in [0.15, 0.2) is 0 Å². The van der Waals surface area contributed by atoms with E-state index in [0.29, 0.717) is 18.7 Å². The maximum Gasteiger partial charge on any atom is 0.314 e. The van der Waals surface area contributed by atoms with E-state index >= 15 is 0 Å². The smallest absolute Gasteiger partial charge is 0.314 e. The van der Waals surface area contributed by atoms with Crippen molar-refractivity contribution in [1.29, 1.82) is 0 Å².